The molecule has 0 aliphatic carbocycles. The van der Waals surface area contributed by atoms with Gasteiger partial charge in [0.15, 0.2) is 0 Å². The molecule has 0 saturated heterocycles. The molecule has 4 rings (SSSR count). The number of nitrogens with zero attached hydrogens (tertiary/aromatic N) is 2. The molecule has 2 aromatic heterocycles. The van der Waals surface area contributed by atoms with Crippen LogP contribution >= 0.6 is 11.6 Å². The molecular weight excluding hydrogens is 403 g/mol. The van der Waals surface area contributed by atoms with E-state index in [4.69, 9.17) is 21.1 Å². The lowest BCUT2D eigenvalue weighted by molar-refractivity contribution is 0.268. The minimum absolute atomic E-state index is 0.0822. The van der Waals surface area contributed by atoms with Crippen molar-refractivity contribution < 1.29 is 13.9 Å². The van der Waals surface area contributed by atoms with Crippen molar-refractivity contribution in [1.82, 2.24) is 9.97 Å². The highest BCUT2D eigenvalue weighted by atomic mass is 35.5. The van der Waals surface area contributed by atoms with E-state index in [0.717, 1.165) is 17.2 Å². The molecule has 30 heavy (non-hydrogen) atoms. The van der Waals surface area contributed by atoms with E-state index in [1.54, 1.807) is 12.1 Å². The molecule has 0 aliphatic rings. The second-order valence-corrected chi connectivity index (χ2v) is 6.92. The normalized spacial score (nSPS) is 10.6. The average Bonchev–Trinajstić information content (AvgIpc) is 2.78. The van der Waals surface area contributed by atoms with Gasteiger partial charge in [0.25, 0.3) is 0 Å². The lowest BCUT2D eigenvalue weighted by Crippen LogP contribution is -2.03. The first-order valence-electron chi connectivity index (χ1n) is 9.35. The predicted octanol–water partition coefficient (Wildman–Crippen LogP) is 6.09. The summed E-state index contributed by atoms with van der Waals surface area (Å²) in [5, 5.41) is 0.0822. The highest BCUT2D eigenvalue weighted by Gasteiger charge is 2.15. The van der Waals surface area contributed by atoms with Crippen molar-refractivity contribution in [2.75, 3.05) is 0 Å². The monoisotopic (exact) mass is 420 g/mol. The lowest BCUT2D eigenvalue weighted by Gasteiger charge is -2.13. The second kappa shape index (κ2) is 9.37. The van der Waals surface area contributed by atoms with Crippen molar-refractivity contribution in [1.29, 1.82) is 0 Å². The highest BCUT2D eigenvalue weighted by molar-refractivity contribution is 6.29. The van der Waals surface area contributed by atoms with Gasteiger partial charge in [0.05, 0.1) is 0 Å². The molecule has 150 valence electrons. The molecule has 0 atom stereocenters. The number of rotatable bonds is 7. The van der Waals surface area contributed by atoms with Crippen LogP contribution in [0.25, 0.3) is 11.1 Å². The van der Waals surface area contributed by atoms with Crippen LogP contribution in [0.5, 0.6) is 11.8 Å². The highest BCUT2D eigenvalue weighted by Crippen LogP contribution is 2.33. The maximum atomic E-state index is 14.5. The van der Waals surface area contributed by atoms with Gasteiger partial charge in [0.1, 0.15) is 24.2 Å². The molecule has 6 heteroatoms. The topological polar surface area (TPSA) is 44.2 Å². The zero-order chi connectivity index (χ0) is 20.8. The zero-order valence-corrected chi connectivity index (χ0v) is 16.7. The summed E-state index contributed by atoms with van der Waals surface area (Å²) in [6.45, 7) is 0.647. The molecule has 2 aromatic carbocycles. The van der Waals surface area contributed by atoms with Gasteiger partial charge in [0, 0.05) is 29.5 Å². The van der Waals surface area contributed by atoms with Crippen LogP contribution in [0.2, 0.25) is 5.15 Å². The first-order chi connectivity index (χ1) is 14.7. The molecule has 4 aromatic rings. The first-order valence-corrected chi connectivity index (χ1v) is 9.73. The van der Waals surface area contributed by atoms with Crippen LogP contribution in [0.3, 0.4) is 0 Å². The number of aromatic nitrogens is 2. The van der Waals surface area contributed by atoms with E-state index in [9.17, 15) is 4.39 Å². The molecule has 0 bridgehead atoms. The Morgan fingerprint density at radius 3 is 2.03 bits per heavy atom. The van der Waals surface area contributed by atoms with Gasteiger partial charge >= 0.3 is 0 Å². The van der Waals surface area contributed by atoms with Gasteiger partial charge in [-0.15, -0.1) is 0 Å². The van der Waals surface area contributed by atoms with Gasteiger partial charge in [-0.05, 0) is 17.2 Å². The molecule has 0 fully saturated rings. The van der Waals surface area contributed by atoms with Gasteiger partial charge in [-0.25, -0.2) is 9.37 Å². The summed E-state index contributed by atoms with van der Waals surface area (Å²) in [6.07, 6.45) is 1.37. The minimum Gasteiger partial charge on any atom is -0.473 e. The Morgan fingerprint density at radius 1 is 0.767 bits per heavy atom. The number of pyridine rings is 2. The molecule has 0 aliphatic heterocycles. The number of ether oxygens (including phenoxy) is 2. The van der Waals surface area contributed by atoms with Crippen molar-refractivity contribution in [3.63, 3.8) is 0 Å². The van der Waals surface area contributed by atoms with Gasteiger partial charge < -0.3 is 9.47 Å². The first kappa shape index (κ1) is 19.9. The van der Waals surface area contributed by atoms with Crippen LogP contribution in [0.4, 0.5) is 4.39 Å². The number of hydrogen-bond acceptors (Lipinski definition) is 4. The molecule has 2 heterocycles. The maximum Gasteiger partial charge on any atom is 0.225 e. The fourth-order valence-electron chi connectivity index (χ4n) is 2.88. The predicted molar refractivity (Wildman–Crippen MR) is 114 cm³/mol. The Balaban J connectivity index is 1.62. The van der Waals surface area contributed by atoms with Gasteiger partial charge in [-0.3, -0.25) is 0 Å². The van der Waals surface area contributed by atoms with Crippen molar-refractivity contribution >= 4 is 11.6 Å². The van der Waals surface area contributed by atoms with Crippen LogP contribution in [0.1, 0.15) is 11.1 Å². The van der Waals surface area contributed by atoms with E-state index in [1.807, 2.05) is 60.7 Å². The van der Waals surface area contributed by atoms with Crippen LogP contribution in [0, 0.1) is 5.82 Å². The van der Waals surface area contributed by atoms with E-state index in [1.165, 1.54) is 6.20 Å². The SMILES string of the molecule is Fc1cc(Cl)ncc1-c1ccc(OCc2ccccc2)nc1OCc1ccccc1. The van der Waals surface area contributed by atoms with Gasteiger partial charge in [0.2, 0.25) is 11.8 Å². The second-order valence-electron chi connectivity index (χ2n) is 6.54. The molecule has 0 unspecified atom stereocenters. The number of benzene rings is 2. The maximum absolute atomic E-state index is 14.5. The third-order valence-corrected chi connectivity index (χ3v) is 4.60. The summed E-state index contributed by atoms with van der Waals surface area (Å²) < 4.78 is 26.3. The summed E-state index contributed by atoms with van der Waals surface area (Å²) in [4.78, 5) is 8.46. The molecule has 0 amide bonds. The molecule has 0 radical (unpaired) electrons. The van der Waals surface area contributed by atoms with Crippen LogP contribution < -0.4 is 9.47 Å². The zero-order valence-electron chi connectivity index (χ0n) is 16.0. The van der Waals surface area contributed by atoms with Crippen LogP contribution in [-0.2, 0) is 13.2 Å². The third-order valence-electron chi connectivity index (χ3n) is 4.39. The molecule has 4 nitrogen and oxygen atoms in total. The summed E-state index contributed by atoms with van der Waals surface area (Å²) in [5.74, 6) is 0.139. The van der Waals surface area contributed by atoms with Gasteiger partial charge in [-0.1, -0.05) is 72.3 Å². The Hall–Kier alpha value is -3.44. The molecule has 0 N–H and O–H groups in total. The summed E-state index contributed by atoms with van der Waals surface area (Å²) in [5.41, 5.74) is 2.71. The largest absolute Gasteiger partial charge is 0.473 e. The van der Waals surface area contributed by atoms with Crippen molar-refractivity contribution in [2.45, 2.75) is 13.2 Å². The average molecular weight is 421 g/mol. The minimum atomic E-state index is -0.501. The Morgan fingerprint density at radius 2 is 1.40 bits per heavy atom. The van der Waals surface area contributed by atoms with E-state index < -0.39 is 5.82 Å². The van der Waals surface area contributed by atoms with E-state index >= 15 is 0 Å². The third kappa shape index (κ3) is 4.93. The summed E-state index contributed by atoms with van der Waals surface area (Å²) >= 11 is 5.79. The standard InChI is InChI=1S/C24H18ClFN2O2/c25-22-13-21(26)20(14-27-22)19-11-12-23(29-15-17-7-3-1-4-8-17)28-24(19)30-16-18-9-5-2-6-10-18/h1-14H,15-16H2. The summed E-state index contributed by atoms with van der Waals surface area (Å²) in [6, 6.07) is 24.0. The fraction of sp³-hybridized carbons (Fsp3) is 0.0833. The lowest BCUT2D eigenvalue weighted by atomic mass is 10.1. The van der Waals surface area contributed by atoms with Crippen molar-refractivity contribution in [3.05, 3.63) is 107 Å². The van der Waals surface area contributed by atoms with E-state index in [2.05, 4.69) is 9.97 Å². The summed E-state index contributed by atoms with van der Waals surface area (Å²) in [7, 11) is 0. The van der Waals surface area contributed by atoms with Gasteiger partial charge in [-0.2, -0.15) is 4.98 Å². The quantitative estimate of drug-likeness (QED) is 0.339. The van der Waals surface area contributed by atoms with Crippen molar-refractivity contribution in [3.8, 4) is 22.9 Å². The Bertz CT molecular complexity index is 1120. The molecular formula is C24H18ClFN2O2. The Kier molecular flexibility index (Phi) is 6.20. The molecule has 0 saturated carbocycles. The van der Waals surface area contributed by atoms with E-state index in [0.29, 0.717) is 18.1 Å². The van der Waals surface area contributed by atoms with Crippen LogP contribution in [0.15, 0.2) is 85.1 Å². The smallest absolute Gasteiger partial charge is 0.225 e. The molecule has 0 spiro atoms. The number of hydrogen-bond donors (Lipinski definition) is 0. The Labute approximate surface area is 178 Å². The number of halogens is 2. The fourth-order valence-corrected chi connectivity index (χ4v) is 3.03. The van der Waals surface area contributed by atoms with Crippen LogP contribution in [-0.4, -0.2) is 9.97 Å². The van der Waals surface area contributed by atoms with E-state index in [-0.39, 0.29) is 23.2 Å². The van der Waals surface area contributed by atoms with Crippen molar-refractivity contribution in [2.24, 2.45) is 0 Å².